The van der Waals surface area contributed by atoms with Crippen molar-refractivity contribution in [1.29, 1.82) is 0 Å². The minimum absolute atomic E-state index is 0.841. The van der Waals surface area contributed by atoms with Gasteiger partial charge in [0.15, 0.2) is 0 Å². The predicted molar refractivity (Wildman–Crippen MR) is 45.8 cm³/mol. The molecule has 0 spiro atoms. The second-order valence-corrected chi connectivity index (χ2v) is 2.33. The molecule has 1 nitrogen and oxygen atoms in total. The van der Waals surface area contributed by atoms with E-state index in [4.69, 9.17) is 6.42 Å². The fraction of sp³-hybridized carbons (Fsp3) is 0.556. The van der Waals surface area contributed by atoms with Crippen molar-refractivity contribution >= 4 is 0 Å². The summed E-state index contributed by atoms with van der Waals surface area (Å²) in [5.41, 5.74) is 0. The maximum absolute atomic E-state index is 5.11. The fourth-order valence-corrected chi connectivity index (χ4v) is 0.679. The molecule has 0 rings (SSSR count). The maximum atomic E-state index is 5.11. The van der Waals surface area contributed by atoms with Crippen LogP contribution in [0.15, 0.2) is 12.7 Å². The Morgan fingerprint density at radius 2 is 2.30 bits per heavy atom. The van der Waals surface area contributed by atoms with Crippen molar-refractivity contribution < 1.29 is 0 Å². The van der Waals surface area contributed by atoms with Gasteiger partial charge < -0.3 is 4.90 Å². The minimum Gasteiger partial charge on any atom is -0.305 e. The SMILES string of the molecule is C#CCCN(C)CCC=C. The molecule has 1 heteroatoms. The molecule has 0 radical (unpaired) electrons. The lowest BCUT2D eigenvalue weighted by atomic mass is 10.3. The van der Waals surface area contributed by atoms with E-state index in [1.54, 1.807) is 0 Å². The summed E-state index contributed by atoms with van der Waals surface area (Å²) in [4.78, 5) is 2.21. The highest BCUT2D eigenvalue weighted by atomic mass is 15.1. The number of hydrogen-bond donors (Lipinski definition) is 0. The van der Waals surface area contributed by atoms with Crippen molar-refractivity contribution in [2.45, 2.75) is 12.8 Å². The third-order valence-electron chi connectivity index (χ3n) is 1.35. The van der Waals surface area contributed by atoms with E-state index in [0.29, 0.717) is 0 Å². The zero-order valence-electron chi connectivity index (χ0n) is 6.64. The Bertz CT molecular complexity index is 121. The van der Waals surface area contributed by atoms with Gasteiger partial charge in [-0.2, -0.15) is 0 Å². The number of rotatable bonds is 5. The van der Waals surface area contributed by atoms with Crippen LogP contribution >= 0.6 is 0 Å². The molecule has 10 heavy (non-hydrogen) atoms. The van der Waals surface area contributed by atoms with E-state index in [-0.39, 0.29) is 0 Å². The summed E-state index contributed by atoms with van der Waals surface area (Å²) >= 11 is 0. The second-order valence-electron chi connectivity index (χ2n) is 2.33. The van der Waals surface area contributed by atoms with E-state index in [0.717, 1.165) is 25.9 Å². The average molecular weight is 137 g/mol. The smallest absolute Gasteiger partial charge is 0.0214 e. The first kappa shape index (κ1) is 9.26. The van der Waals surface area contributed by atoms with E-state index in [9.17, 15) is 0 Å². The zero-order chi connectivity index (χ0) is 7.82. The zero-order valence-corrected chi connectivity index (χ0v) is 6.64. The summed E-state index contributed by atoms with van der Waals surface area (Å²) in [6.07, 6.45) is 8.92. The molecule has 0 bridgehead atoms. The summed E-state index contributed by atoms with van der Waals surface area (Å²) in [6, 6.07) is 0. The summed E-state index contributed by atoms with van der Waals surface area (Å²) in [7, 11) is 2.07. The average Bonchev–Trinajstić information content (AvgIpc) is 1.97. The first-order chi connectivity index (χ1) is 4.81. The fourth-order valence-electron chi connectivity index (χ4n) is 0.679. The van der Waals surface area contributed by atoms with Gasteiger partial charge in [-0.1, -0.05) is 6.08 Å². The molecule has 0 aliphatic carbocycles. The largest absolute Gasteiger partial charge is 0.305 e. The quantitative estimate of drug-likeness (QED) is 0.410. The standard InChI is InChI=1S/C9H15N/c1-4-6-8-10(3)9-7-5-2/h1,5H,2,6-9H2,3H3. The van der Waals surface area contributed by atoms with Crippen LogP contribution in [0.25, 0.3) is 0 Å². The van der Waals surface area contributed by atoms with Crippen LogP contribution in [-0.4, -0.2) is 25.0 Å². The number of hydrogen-bond acceptors (Lipinski definition) is 1. The van der Waals surface area contributed by atoms with Gasteiger partial charge in [-0.15, -0.1) is 18.9 Å². The van der Waals surface area contributed by atoms with E-state index in [1.165, 1.54) is 0 Å². The Morgan fingerprint density at radius 3 is 2.80 bits per heavy atom. The highest BCUT2D eigenvalue weighted by Gasteiger charge is 1.92. The van der Waals surface area contributed by atoms with Crippen molar-refractivity contribution in [1.82, 2.24) is 4.90 Å². The van der Waals surface area contributed by atoms with Crippen LogP contribution in [0, 0.1) is 12.3 Å². The summed E-state index contributed by atoms with van der Waals surface area (Å²) in [5, 5.41) is 0. The first-order valence-electron chi connectivity index (χ1n) is 3.54. The molecule has 56 valence electrons. The van der Waals surface area contributed by atoms with Gasteiger partial charge in [-0.3, -0.25) is 0 Å². The van der Waals surface area contributed by atoms with Crippen LogP contribution in [0.3, 0.4) is 0 Å². The van der Waals surface area contributed by atoms with E-state index < -0.39 is 0 Å². The maximum Gasteiger partial charge on any atom is 0.0214 e. The Labute approximate surface area is 63.7 Å². The lowest BCUT2D eigenvalue weighted by molar-refractivity contribution is 0.350. The third-order valence-corrected chi connectivity index (χ3v) is 1.35. The van der Waals surface area contributed by atoms with Crippen LogP contribution in [0.5, 0.6) is 0 Å². The molecule has 0 aliphatic rings. The summed E-state index contributed by atoms with van der Waals surface area (Å²) in [5.74, 6) is 2.61. The molecule has 0 saturated heterocycles. The number of terminal acetylenes is 1. The molecule has 0 aromatic rings. The molecule has 0 aromatic heterocycles. The van der Waals surface area contributed by atoms with E-state index in [1.807, 2.05) is 6.08 Å². The molecule has 0 fully saturated rings. The third kappa shape index (κ3) is 5.40. The molecular weight excluding hydrogens is 122 g/mol. The topological polar surface area (TPSA) is 3.24 Å². The molecular formula is C9H15N. The Kier molecular flexibility index (Phi) is 5.91. The summed E-state index contributed by atoms with van der Waals surface area (Å²) < 4.78 is 0. The van der Waals surface area contributed by atoms with Crippen molar-refractivity contribution in [2.24, 2.45) is 0 Å². The van der Waals surface area contributed by atoms with Gasteiger partial charge >= 0.3 is 0 Å². The van der Waals surface area contributed by atoms with E-state index >= 15 is 0 Å². The van der Waals surface area contributed by atoms with Crippen LogP contribution in [-0.2, 0) is 0 Å². The lowest BCUT2D eigenvalue weighted by Gasteiger charge is -2.12. The lowest BCUT2D eigenvalue weighted by Crippen LogP contribution is -2.19. The summed E-state index contributed by atoms with van der Waals surface area (Å²) in [6.45, 7) is 5.70. The minimum atomic E-state index is 0.841. The van der Waals surface area contributed by atoms with E-state index in [2.05, 4.69) is 24.4 Å². The van der Waals surface area contributed by atoms with Crippen molar-refractivity contribution in [3.8, 4) is 12.3 Å². The Hall–Kier alpha value is -0.740. The highest BCUT2D eigenvalue weighted by Crippen LogP contribution is 1.88. The van der Waals surface area contributed by atoms with Gasteiger partial charge in [0.1, 0.15) is 0 Å². The van der Waals surface area contributed by atoms with Gasteiger partial charge in [0, 0.05) is 19.5 Å². The highest BCUT2D eigenvalue weighted by molar-refractivity contribution is 4.84. The molecule has 0 saturated carbocycles. The molecule has 0 aliphatic heterocycles. The van der Waals surface area contributed by atoms with Crippen molar-refractivity contribution in [3.63, 3.8) is 0 Å². The Balaban J connectivity index is 3.17. The second kappa shape index (κ2) is 6.38. The van der Waals surface area contributed by atoms with Gasteiger partial charge in [0.05, 0.1) is 0 Å². The van der Waals surface area contributed by atoms with Gasteiger partial charge in [-0.25, -0.2) is 0 Å². The van der Waals surface area contributed by atoms with Crippen molar-refractivity contribution in [3.05, 3.63) is 12.7 Å². The predicted octanol–water partition coefficient (Wildman–Crippen LogP) is 1.52. The number of nitrogens with zero attached hydrogens (tertiary/aromatic N) is 1. The normalized spacial score (nSPS) is 9.30. The molecule has 0 atom stereocenters. The molecule has 0 aromatic carbocycles. The molecule has 0 unspecified atom stereocenters. The molecule has 0 heterocycles. The van der Waals surface area contributed by atoms with Gasteiger partial charge in [-0.05, 0) is 13.5 Å². The van der Waals surface area contributed by atoms with Crippen LogP contribution < -0.4 is 0 Å². The van der Waals surface area contributed by atoms with Crippen molar-refractivity contribution in [2.75, 3.05) is 20.1 Å². The molecule has 0 amide bonds. The molecule has 0 N–H and O–H groups in total. The Morgan fingerprint density at radius 1 is 1.60 bits per heavy atom. The first-order valence-corrected chi connectivity index (χ1v) is 3.54. The van der Waals surface area contributed by atoms with Crippen LogP contribution in [0.4, 0.5) is 0 Å². The van der Waals surface area contributed by atoms with Gasteiger partial charge in [0.25, 0.3) is 0 Å². The van der Waals surface area contributed by atoms with Crippen LogP contribution in [0.2, 0.25) is 0 Å². The monoisotopic (exact) mass is 137 g/mol. The van der Waals surface area contributed by atoms with Crippen LogP contribution in [0.1, 0.15) is 12.8 Å². The van der Waals surface area contributed by atoms with Gasteiger partial charge in [0.2, 0.25) is 0 Å².